The molecule has 1 N–H and O–H groups in total. The standard InChI is InChI=1S/C24H29NO9S/c1-24(8-9-34-35(5,27)28,16-6-7-18-19(12-16)33-14-32-18)13-17(25)22(26)15-10-20(29-2)23(31-4)21(11-15)30-3/h6-7,10-12,25H,8-9,13-14H2,1-5H3. The second-order valence-corrected chi connectivity index (χ2v) is 9.95. The molecule has 0 bridgehead atoms. The molecule has 0 amide bonds. The Kier molecular flexibility index (Phi) is 7.91. The molecule has 10 nitrogen and oxygen atoms in total. The highest BCUT2D eigenvalue weighted by atomic mass is 32.2. The second kappa shape index (κ2) is 10.5. The zero-order valence-electron chi connectivity index (χ0n) is 20.3. The van der Waals surface area contributed by atoms with E-state index < -0.39 is 21.3 Å². The van der Waals surface area contributed by atoms with Gasteiger partial charge in [-0.2, -0.15) is 8.42 Å². The predicted octanol–water partition coefficient (Wildman–Crippen LogP) is 3.36. The summed E-state index contributed by atoms with van der Waals surface area (Å²) in [5.74, 6) is 1.53. The summed E-state index contributed by atoms with van der Waals surface area (Å²) in [5.41, 5.74) is -0.0519. The van der Waals surface area contributed by atoms with Crippen LogP contribution in [0.4, 0.5) is 0 Å². The molecule has 1 atom stereocenters. The first kappa shape index (κ1) is 26.3. The van der Waals surface area contributed by atoms with Crippen LogP contribution in [0.15, 0.2) is 30.3 Å². The topological polar surface area (TPSA) is 130 Å². The van der Waals surface area contributed by atoms with Gasteiger partial charge < -0.3 is 29.1 Å². The molecule has 3 rings (SSSR count). The van der Waals surface area contributed by atoms with Crippen LogP contribution in [0.5, 0.6) is 28.7 Å². The number of ketones is 1. The highest BCUT2D eigenvalue weighted by molar-refractivity contribution is 7.85. The third-order valence-electron chi connectivity index (χ3n) is 5.79. The first-order chi connectivity index (χ1) is 16.5. The molecule has 0 saturated heterocycles. The Bertz CT molecular complexity index is 1200. The molecular weight excluding hydrogens is 478 g/mol. The van der Waals surface area contributed by atoms with Crippen molar-refractivity contribution in [3.63, 3.8) is 0 Å². The minimum absolute atomic E-state index is 0.00919. The van der Waals surface area contributed by atoms with Gasteiger partial charge >= 0.3 is 0 Å². The van der Waals surface area contributed by atoms with Gasteiger partial charge in [-0.05, 0) is 36.2 Å². The largest absolute Gasteiger partial charge is 0.493 e. The fourth-order valence-electron chi connectivity index (χ4n) is 3.88. The second-order valence-electron chi connectivity index (χ2n) is 8.30. The summed E-state index contributed by atoms with van der Waals surface area (Å²) in [7, 11) is 0.684. The number of nitrogens with one attached hydrogen (secondary N) is 1. The lowest BCUT2D eigenvalue weighted by atomic mass is 9.74. The normalized spacial score (nSPS) is 14.2. The van der Waals surface area contributed by atoms with Crippen molar-refractivity contribution >= 4 is 21.6 Å². The smallest absolute Gasteiger partial charge is 0.264 e. The van der Waals surface area contributed by atoms with E-state index in [0.29, 0.717) is 28.7 Å². The summed E-state index contributed by atoms with van der Waals surface area (Å²) in [4.78, 5) is 13.3. The number of benzene rings is 2. The van der Waals surface area contributed by atoms with E-state index in [2.05, 4.69) is 0 Å². The van der Waals surface area contributed by atoms with E-state index in [-0.39, 0.29) is 37.5 Å². The Hall–Kier alpha value is -3.31. The minimum Gasteiger partial charge on any atom is -0.493 e. The van der Waals surface area contributed by atoms with E-state index in [1.54, 1.807) is 12.1 Å². The molecule has 1 aliphatic heterocycles. The number of hydrogen-bond donors (Lipinski definition) is 1. The Morgan fingerprint density at radius 1 is 1.03 bits per heavy atom. The summed E-state index contributed by atoms with van der Waals surface area (Å²) in [6, 6.07) is 8.31. The molecule has 1 unspecified atom stereocenters. The Morgan fingerprint density at radius 2 is 1.66 bits per heavy atom. The van der Waals surface area contributed by atoms with Gasteiger partial charge in [0.1, 0.15) is 0 Å². The van der Waals surface area contributed by atoms with Crippen LogP contribution in [0.25, 0.3) is 0 Å². The van der Waals surface area contributed by atoms with Crippen molar-refractivity contribution in [1.29, 1.82) is 5.41 Å². The van der Waals surface area contributed by atoms with E-state index in [0.717, 1.165) is 11.8 Å². The van der Waals surface area contributed by atoms with Crippen molar-refractivity contribution in [2.24, 2.45) is 0 Å². The Balaban J connectivity index is 1.92. The maximum atomic E-state index is 13.3. The van der Waals surface area contributed by atoms with Gasteiger partial charge in [-0.15, -0.1) is 0 Å². The average Bonchev–Trinajstić information content (AvgIpc) is 3.29. The minimum atomic E-state index is -3.65. The number of methoxy groups -OCH3 is 3. The van der Waals surface area contributed by atoms with Crippen molar-refractivity contribution < 1.29 is 41.1 Å². The van der Waals surface area contributed by atoms with Crippen LogP contribution in [-0.4, -0.2) is 60.9 Å². The molecule has 35 heavy (non-hydrogen) atoms. The van der Waals surface area contributed by atoms with E-state index >= 15 is 0 Å². The van der Waals surface area contributed by atoms with Gasteiger partial charge in [0, 0.05) is 17.4 Å². The molecule has 0 fully saturated rings. The van der Waals surface area contributed by atoms with Gasteiger partial charge in [-0.25, -0.2) is 0 Å². The molecular formula is C24H29NO9S. The third kappa shape index (κ3) is 6.04. The lowest BCUT2D eigenvalue weighted by Crippen LogP contribution is -2.31. The summed E-state index contributed by atoms with van der Waals surface area (Å²) in [5, 5.41) is 8.62. The predicted molar refractivity (Wildman–Crippen MR) is 128 cm³/mol. The van der Waals surface area contributed by atoms with Gasteiger partial charge in [-0.3, -0.25) is 8.98 Å². The fraction of sp³-hybridized carbons (Fsp3) is 0.417. The molecule has 2 aromatic carbocycles. The van der Waals surface area contributed by atoms with Crippen molar-refractivity contribution in [3.8, 4) is 28.7 Å². The molecule has 11 heteroatoms. The number of carbonyl (C=O) groups is 1. The van der Waals surface area contributed by atoms with Crippen molar-refractivity contribution in [3.05, 3.63) is 41.5 Å². The molecule has 0 radical (unpaired) electrons. The zero-order valence-corrected chi connectivity index (χ0v) is 21.1. The summed E-state index contributed by atoms with van der Waals surface area (Å²) in [6.45, 7) is 1.82. The highest BCUT2D eigenvalue weighted by Crippen LogP contribution is 2.41. The molecule has 0 saturated carbocycles. The summed E-state index contributed by atoms with van der Waals surface area (Å²) < 4.78 is 54.8. The van der Waals surface area contributed by atoms with Gasteiger partial charge in [0.25, 0.3) is 10.1 Å². The fourth-order valence-corrected chi connectivity index (χ4v) is 4.27. The zero-order chi connectivity index (χ0) is 25.8. The average molecular weight is 508 g/mol. The van der Waals surface area contributed by atoms with E-state index in [4.69, 9.17) is 33.3 Å². The molecule has 2 aromatic rings. The molecule has 0 aliphatic carbocycles. The van der Waals surface area contributed by atoms with Crippen LogP contribution in [-0.2, 0) is 19.7 Å². The first-order valence-corrected chi connectivity index (χ1v) is 12.5. The van der Waals surface area contributed by atoms with Gasteiger partial charge in [-0.1, -0.05) is 13.0 Å². The number of carbonyl (C=O) groups excluding carboxylic acids is 1. The van der Waals surface area contributed by atoms with Crippen LogP contribution in [0.3, 0.4) is 0 Å². The lowest BCUT2D eigenvalue weighted by molar-refractivity contribution is 0.105. The molecule has 0 aromatic heterocycles. The molecule has 1 aliphatic rings. The Labute approximate surface area is 204 Å². The molecule has 0 spiro atoms. The van der Waals surface area contributed by atoms with Crippen molar-refractivity contribution in [2.75, 3.05) is 41.0 Å². The third-order valence-corrected chi connectivity index (χ3v) is 6.38. The van der Waals surface area contributed by atoms with Crippen molar-refractivity contribution in [1.82, 2.24) is 0 Å². The summed E-state index contributed by atoms with van der Waals surface area (Å²) >= 11 is 0. The van der Waals surface area contributed by atoms with Gasteiger partial charge in [0.15, 0.2) is 23.0 Å². The number of fused-ring (bicyclic) bond motifs is 1. The monoisotopic (exact) mass is 507 g/mol. The van der Waals surface area contributed by atoms with E-state index in [9.17, 15) is 13.2 Å². The van der Waals surface area contributed by atoms with Crippen LogP contribution in [0, 0.1) is 5.41 Å². The highest BCUT2D eigenvalue weighted by Gasteiger charge is 2.33. The van der Waals surface area contributed by atoms with Crippen molar-refractivity contribution in [2.45, 2.75) is 25.2 Å². The first-order valence-electron chi connectivity index (χ1n) is 10.7. The number of hydrogen-bond acceptors (Lipinski definition) is 10. The lowest BCUT2D eigenvalue weighted by Gasteiger charge is -2.30. The van der Waals surface area contributed by atoms with Crippen LogP contribution >= 0.6 is 0 Å². The Morgan fingerprint density at radius 3 is 2.23 bits per heavy atom. The maximum Gasteiger partial charge on any atom is 0.264 e. The number of ether oxygens (including phenoxy) is 5. The molecule has 190 valence electrons. The van der Waals surface area contributed by atoms with Crippen LogP contribution in [0.2, 0.25) is 0 Å². The maximum absolute atomic E-state index is 13.3. The van der Waals surface area contributed by atoms with Gasteiger partial charge in [0.05, 0.1) is 39.9 Å². The molecule has 1 heterocycles. The van der Waals surface area contributed by atoms with E-state index in [1.165, 1.54) is 33.5 Å². The number of Topliss-reactive ketones (excluding diaryl/α,β-unsaturated/α-hetero) is 1. The van der Waals surface area contributed by atoms with E-state index in [1.807, 2.05) is 13.0 Å². The SMILES string of the molecule is COc1cc(C(=O)C(=N)CC(C)(CCOS(C)(=O)=O)c2ccc3c(c2)OCO3)cc(OC)c1OC. The number of rotatable bonds is 12. The van der Waals surface area contributed by atoms with Crippen LogP contribution < -0.4 is 23.7 Å². The quantitative estimate of drug-likeness (QED) is 0.261. The van der Waals surface area contributed by atoms with Crippen LogP contribution in [0.1, 0.15) is 35.7 Å². The summed E-state index contributed by atoms with van der Waals surface area (Å²) in [6.07, 6.45) is 1.21. The van der Waals surface area contributed by atoms with Gasteiger partial charge in [0.2, 0.25) is 18.3 Å².